The molecule has 0 bridgehead atoms. The summed E-state index contributed by atoms with van der Waals surface area (Å²) in [5.74, 6) is -0.719. The minimum Gasteiger partial charge on any atom is -0.369 e. The van der Waals surface area contributed by atoms with Gasteiger partial charge in [-0.1, -0.05) is 34.8 Å². The van der Waals surface area contributed by atoms with E-state index in [-0.39, 0.29) is 11.3 Å². The maximum Gasteiger partial charge on any atom is 0.269 e. The van der Waals surface area contributed by atoms with Gasteiger partial charge in [-0.25, -0.2) is 0 Å². The quantitative estimate of drug-likeness (QED) is 0.386. The van der Waals surface area contributed by atoms with Crippen LogP contribution < -0.4 is 5.32 Å². The molecule has 0 heterocycles. The van der Waals surface area contributed by atoms with Gasteiger partial charge in [0.2, 0.25) is 3.79 Å². The zero-order chi connectivity index (χ0) is 13.9. The van der Waals surface area contributed by atoms with Gasteiger partial charge in [-0.3, -0.25) is 14.9 Å². The normalized spacial score (nSPS) is 12.9. The highest BCUT2D eigenvalue weighted by Gasteiger charge is 2.32. The highest BCUT2D eigenvalue weighted by Crippen LogP contribution is 2.29. The van der Waals surface area contributed by atoms with E-state index in [0.29, 0.717) is 0 Å². The largest absolute Gasteiger partial charge is 0.369 e. The van der Waals surface area contributed by atoms with Crippen molar-refractivity contribution in [1.29, 1.82) is 0 Å². The highest BCUT2D eigenvalue weighted by atomic mass is 35.6. The van der Waals surface area contributed by atoms with Crippen LogP contribution >= 0.6 is 34.8 Å². The molecule has 0 radical (unpaired) electrons. The number of nitrogens with zero attached hydrogens (tertiary/aromatic N) is 1. The molecule has 1 aromatic rings. The Bertz CT molecular complexity index is 458. The van der Waals surface area contributed by atoms with E-state index >= 15 is 0 Å². The summed E-state index contributed by atoms with van der Waals surface area (Å²) in [7, 11) is 0. The van der Waals surface area contributed by atoms with Gasteiger partial charge in [-0.05, 0) is 12.1 Å². The summed E-state index contributed by atoms with van der Waals surface area (Å²) in [6, 6.07) is 4.74. The molecule has 0 aliphatic carbocycles. The van der Waals surface area contributed by atoms with Crippen LogP contribution in [-0.2, 0) is 0 Å². The molecule has 0 spiro atoms. The first-order valence-corrected chi connectivity index (χ1v) is 5.65. The van der Waals surface area contributed by atoms with Crippen LogP contribution in [0.5, 0.6) is 0 Å². The van der Waals surface area contributed by atoms with Gasteiger partial charge in [-0.15, -0.1) is 0 Å². The molecule has 1 amide bonds. The molecule has 9 heteroatoms. The van der Waals surface area contributed by atoms with E-state index in [2.05, 4.69) is 0 Å². The van der Waals surface area contributed by atoms with Crippen molar-refractivity contribution >= 4 is 46.4 Å². The van der Waals surface area contributed by atoms with Crippen LogP contribution in [0.1, 0.15) is 10.4 Å². The third-order valence-corrected chi connectivity index (χ3v) is 2.54. The van der Waals surface area contributed by atoms with Gasteiger partial charge < -0.3 is 10.4 Å². The van der Waals surface area contributed by atoms with Crippen molar-refractivity contribution in [2.45, 2.75) is 10.0 Å². The van der Waals surface area contributed by atoms with Gasteiger partial charge in [0.1, 0.15) is 0 Å². The third kappa shape index (κ3) is 3.99. The summed E-state index contributed by atoms with van der Waals surface area (Å²) in [6.07, 6.45) is -1.69. The molecule has 18 heavy (non-hydrogen) atoms. The SMILES string of the molecule is O=C(N[C@@H](O)C(Cl)(Cl)Cl)c1ccc([N+](=O)[O-])cc1. The molecule has 98 valence electrons. The monoisotopic (exact) mass is 312 g/mol. The van der Waals surface area contributed by atoms with Gasteiger partial charge in [0.25, 0.3) is 11.6 Å². The number of nitro benzene ring substituents is 1. The second kappa shape index (κ2) is 5.71. The van der Waals surface area contributed by atoms with Crippen LogP contribution in [0.25, 0.3) is 0 Å². The van der Waals surface area contributed by atoms with Crippen molar-refractivity contribution in [2.75, 3.05) is 0 Å². The lowest BCUT2D eigenvalue weighted by Crippen LogP contribution is -2.43. The molecule has 1 aromatic carbocycles. The minimum absolute atomic E-state index is 0.0916. The number of rotatable bonds is 3. The lowest BCUT2D eigenvalue weighted by atomic mass is 10.2. The Kier molecular flexibility index (Phi) is 4.75. The smallest absolute Gasteiger partial charge is 0.269 e. The number of non-ortho nitro benzene ring substituents is 1. The molecule has 1 atom stereocenters. The Morgan fingerprint density at radius 2 is 1.83 bits per heavy atom. The minimum atomic E-state index is -2.06. The lowest BCUT2D eigenvalue weighted by molar-refractivity contribution is -0.384. The van der Waals surface area contributed by atoms with Gasteiger partial charge >= 0.3 is 0 Å². The van der Waals surface area contributed by atoms with E-state index in [9.17, 15) is 20.0 Å². The van der Waals surface area contributed by atoms with E-state index in [4.69, 9.17) is 34.8 Å². The van der Waals surface area contributed by atoms with Crippen molar-refractivity contribution < 1.29 is 14.8 Å². The number of carbonyl (C=O) groups is 1. The molecule has 1 rings (SSSR count). The number of halogens is 3. The average Bonchev–Trinajstić information content (AvgIpc) is 2.27. The predicted molar refractivity (Wildman–Crippen MR) is 66.9 cm³/mol. The second-order valence-corrected chi connectivity index (χ2v) is 5.59. The fraction of sp³-hybridized carbons (Fsp3) is 0.222. The molecule has 0 saturated heterocycles. The van der Waals surface area contributed by atoms with E-state index in [1.807, 2.05) is 5.32 Å². The molecule has 6 nitrogen and oxygen atoms in total. The van der Waals surface area contributed by atoms with E-state index in [0.717, 1.165) is 12.1 Å². The van der Waals surface area contributed by atoms with Crippen LogP contribution in [0.15, 0.2) is 24.3 Å². The summed E-state index contributed by atoms with van der Waals surface area (Å²) < 4.78 is -2.06. The maximum atomic E-state index is 11.6. The zero-order valence-electron chi connectivity index (χ0n) is 8.64. The number of nitrogens with one attached hydrogen (secondary N) is 1. The molecule has 0 aliphatic heterocycles. The number of carbonyl (C=O) groups excluding carboxylic acids is 1. The molecule has 0 aliphatic rings. The van der Waals surface area contributed by atoms with Gasteiger partial charge in [0.15, 0.2) is 6.23 Å². The zero-order valence-corrected chi connectivity index (χ0v) is 10.9. The Hall–Kier alpha value is -1.08. The molecule has 0 aromatic heterocycles. The van der Waals surface area contributed by atoms with Crippen molar-refractivity contribution in [1.82, 2.24) is 5.32 Å². The highest BCUT2D eigenvalue weighted by molar-refractivity contribution is 6.68. The second-order valence-electron chi connectivity index (χ2n) is 3.22. The van der Waals surface area contributed by atoms with Crippen molar-refractivity contribution in [3.63, 3.8) is 0 Å². The number of nitro groups is 1. The van der Waals surface area contributed by atoms with E-state index in [1.54, 1.807) is 0 Å². The molecular formula is C9H7Cl3N2O4. The maximum absolute atomic E-state index is 11.6. The number of aliphatic hydroxyl groups excluding tert-OH is 1. The first kappa shape index (κ1) is 15.0. The van der Waals surface area contributed by atoms with Crippen LogP contribution in [0.2, 0.25) is 0 Å². The Morgan fingerprint density at radius 3 is 2.22 bits per heavy atom. The molecule has 2 N–H and O–H groups in total. The van der Waals surface area contributed by atoms with Crippen LogP contribution in [-0.4, -0.2) is 26.0 Å². The van der Waals surface area contributed by atoms with Crippen molar-refractivity contribution in [3.8, 4) is 0 Å². The number of aliphatic hydroxyl groups is 1. The Labute approximate surface area is 117 Å². The van der Waals surface area contributed by atoms with Crippen molar-refractivity contribution in [3.05, 3.63) is 39.9 Å². The first-order valence-electron chi connectivity index (χ1n) is 4.52. The molecular weight excluding hydrogens is 306 g/mol. The predicted octanol–water partition coefficient (Wildman–Crippen LogP) is 2.01. The summed E-state index contributed by atoms with van der Waals surface area (Å²) in [6.45, 7) is 0. The Morgan fingerprint density at radius 1 is 1.33 bits per heavy atom. The number of amides is 1. The van der Waals surface area contributed by atoms with Crippen molar-refractivity contribution in [2.24, 2.45) is 0 Å². The lowest BCUT2D eigenvalue weighted by Gasteiger charge is -2.19. The standard InChI is InChI=1S/C9H7Cl3N2O4/c10-9(11,12)8(16)13-7(15)5-1-3-6(4-2-5)14(17)18/h1-4,8,16H,(H,13,15)/t8-/m0/s1. The molecule has 0 saturated carbocycles. The molecule has 0 unspecified atom stereocenters. The third-order valence-electron chi connectivity index (χ3n) is 1.92. The number of benzene rings is 1. The van der Waals surface area contributed by atoms with Crippen LogP contribution in [0, 0.1) is 10.1 Å². The fourth-order valence-corrected chi connectivity index (χ4v) is 1.19. The summed E-state index contributed by atoms with van der Waals surface area (Å²) in [5.41, 5.74) is -0.0672. The summed E-state index contributed by atoms with van der Waals surface area (Å²) >= 11 is 16.1. The topological polar surface area (TPSA) is 92.5 Å². The van der Waals surface area contributed by atoms with Gasteiger partial charge in [-0.2, -0.15) is 0 Å². The van der Waals surface area contributed by atoms with Gasteiger partial charge in [0, 0.05) is 17.7 Å². The van der Waals surface area contributed by atoms with E-state index < -0.39 is 20.9 Å². The summed E-state index contributed by atoms with van der Waals surface area (Å²) in [4.78, 5) is 21.4. The fourth-order valence-electron chi connectivity index (χ4n) is 1.02. The van der Waals surface area contributed by atoms with Crippen LogP contribution in [0.4, 0.5) is 5.69 Å². The molecule has 0 fully saturated rings. The number of hydrogen-bond donors (Lipinski definition) is 2. The van der Waals surface area contributed by atoms with E-state index in [1.165, 1.54) is 12.1 Å². The van der Waals surface area contributed by atoms with Gasteiger partial charge in [0.05, 0.1) is 4.92 Å². The number of alkyl halides is 3. The number of hydrogen-bond acceptors (Lipinski definition) is 4. The average molecular weight is 314 g/mol. The summed E-state index contributed by atoms with van der Waals surface area (Å²) in [5, 5.41) is 21.8. The van der Waals surface area contributed by atoms with Crippen LogP contribution in [0.3, 0.4) is 0 Å². The first-order chi connectivity index (χ1) is 8.21. The Balaban J connectivity index is 2.76.